The molecule has 0 saturated heterocycles. The molecular formula is C10H18N2OS2. The van der Waals surface area contributed by atoms with Gasteiger partial charge in [0.05, 0.1) is 6.04 Å². The maximum absolute atomic E-state index is 11.9. The molecule has 0 bridgehead atoms. The Morgan fingerprint density at radius 2 is 2.27 bits per heavy atom. The lowest BCUT2D eigenvalue weighted by molar-refractivity contribution is 0.525. The van der Waals surface area contributed by atoms with Gasteiger partial charge in [-0.3, -0.25) is 0 Å². The first-order valence-electron chi connectivity index (χ1n) is 4.85. The molecule has 0 aliphatic carbocycles. The first kappa shape index (κ1) is 13.0. The second-order valence-electron chi connectivity index (χ2n) is 4.34. The van der Waals surface area contributed by atoms with Crippen molar-refractivity contribution in [3.8, 4) is 0 Å². The van der Waals surface area contributed by atoms with Crippen molar-refractivity contribution in [3.63, 3.8) is 0 Å². The fraction of sp³-hybridized carbons (Fsp3) is 0.600. The fourth-order valence-electron chi connectivity index (χ4n) is 1.03. The molecule has 0 aliphatic rings. The molecule has 3 nitrogen and oxygen atoms in total. The minimum atomic E-state index is -1.08. The highest BCUT2D eigenvalue weighted by atomic mass is 32.2. The predicted octanol–water partition coefficient (Wildman–Crippen LogP) is 1.80. The third kappa shape index (κ3) is 3.77. The van der Waals surface area contributed by atoms with E-state index < -0.39 is 11.4 Å². The van der Waals surface area contributed by atoms with Crippen molar-refractivity contribution in [2.75, 3.05) is 6.54 Å². The maximum Gasteiger partial charge on any atom is 0.136 e. The lowest BCUT2D eigenvalue weighted by Crippen LogP contribution is -2.43. The van der Waals surface area contributed by atoms with Crippen molar-refractivity contribution < 1.29 is 4.55 Å². The maximum atomic E-state index is 11.9. The molecule has 0 fully saturated rings. The van der Waals surface area contributed by atoms with Crippen molar-refractivity contribution in [2.45, 2.75) is 31.6 Å². The minimum Gasteiger partial charge on any atom is -0.598 e. The van der Waals surface area contributed by atoms with Gasteiger partial charge in [0.15, 0.2) is 0 Å². The SMILES string of the molecule is CC(C)(C)[S+]([O-])NC(CN)c1ccsc1. The highest BCUT2D eigenvalue weighted by molar-refractivity contribution is 7.90. The molecule has 0 radical (unpaired) electrons. The summed E-state index contributed by atoms with van der Waals surface area (Å²) in [4.78, 5) is 0. The van der Waals surface area contributed by atoms with Gasteiger partial charge in [-0.2, -0.15) is 11.3 Å². The quantitative estimate of drug-likeness (QED) is 0.796. The number of nitrogens with one attached hydrogen (secondary N) is 1. The first-order chi connectivity index (χ1) is 6.95. The summed E-state index contributed by atoms with van der Waals surface area (Å²) in [5, 5.41) is 4.03. The standard InChI is InChI=1S/C10H18N2OS2/c1-10(2,3)15(13)12-9(6-11)8-4-5-14-7-8/h4-5,7,9,12H,6,11H2,1-3H3. The number of hydrogen-bond acceptors (Lipinski definition) is 4. The third-order valence-corrected chi connectivity index (χ3v) is 4.30. The molecule has 2 unspecified atom stereocenters. The Hall–Kier alpha value is -0.0700. The average molecular weight is 246 g/mol. The van der Waals surface area contributed by atoms with Gasteiger partial charge in [-0.1, -0.05) is 0 Å². The Balaban J connectivity index is 2.63. The van der Waals surface area contributed by atoms with Gasteiger partial charge in [-0.15, -0.1) is 4.72 Å². The molecule has 1 aromatic heterocycles. The molecular weight excluding hydrogens is 228 g/mol. The Bertz CT molecular complexity index is 282. The largest absolute Gasteiger partial charge is 0.598 e. The zero-order valence-electron chi connectivity index (χ0n) is 9.32. The van der Waals surface area contributed by atoms with E-state index in [2.05, 4.69) is 4.72 Å². The lowest BCUT2D eigenvalue weighted by atomic mass is 10.2. The minimum absolute atomic E-state index is 0.0173. The van der Waals surface area contributed by atoms with Crippen molar-refractivity contribution in [1.29, 1.82) is 0 Å². The van der Waals surface area contributed by atoms with Crippen LogP contribution in [0.3, 0.4) is 0 Å². The molecule has 1 rings (SSSR count). The second kappa shape index (κ2) is 5.32. The van der Waals surface area contributed by atoms with Crippen molar-refractivity contribution in [2.24, 2.45) is 5.73 Å². The van der Waals surface area contributed by atoms with Gasteiger partial charge in [0, 0.05) is 17.9 Å². The van der Waals surface area contributed by atoms with Crippen LogP contribution in [0.1, 0.15) is 32.4 Å². The summed E-state index contributed by atoms with van der Waals surface area (Å²) in [6.45, 7) is 6.28. The average Bonchev–Trinajstić information content (AvgIpc) is 2.64. The molecule has 0 aliphatic heterocycles. The van der Waals surface area contributed by atoms with E-state index >= 15 is 0 Å². The molecule has 0 amide bonds. The van der Waals surface area contributed by atoms with Crippen LogP contribution >= 0.6 is 11.3 Å². The Morgan fingerprint density at radius 1 is 1.60 bits per heavy atom. The van der Waals surface area contributed by atoms with Crippen molar-refractivity contribution in [1.82, 2.24) is 4.72 Å². The number of nitrogens with two attached hydrogens (primary N) is 1. The summed E-state index contributed by atoms with van der Waals surface area (Å²) in [6.07, 6.45) is 0. The smallest absolute Gasteiger partial charge is 0.136 e. The van der Waals surface area contributed by atoms with Gasteiger partial charge in [-0.05, 0) is 43.2 Å². The molecule has 15 heavy (non-hydrogen) atoms. The molecule has 0 saturated carbocycles. The van der Waals surface area contributed by atoms with E-state index in [-0.39, 0.29) is 10.8 Å². The van der Waals surface area contributed by atoms with Crippen LogP contribution in [0.4, 0.5) is 0 Å². The lowest BCUT2D eigenvalue weighted by Gasteiger charge is -2.27. The third-order valence-electron chi connectivity index (χ3n) is 1.99. The molecule has 1 aromatic rings. The zero-order valence-corrected chi connectivity index (χ0v) is 11.0. The van der Waals surface area contributed by atoms with Gasteiger partial charge in [0.2, 0.25) is 0 Å². The summed E-state index contributed by atoms with van der Waals surface area (Å²) < 4.78 is 14.7. The molecule has 86 valence electrons. The number of rotatable bonds is 4. The molecule has 2 atom stereocenters. The van der Waals surface area contributed by atoms with Crippen LogP contribution in [0.2, 0.25) is 0 Å². The van der Waals surface area contributed by atoms with E-state index in [9.17, 15) is 4.55 Å². The summed E-state index contributed by atoms with van der Waals surface area (Å²) in [5.74, 6) is 0. The predicted molar refractivity (Wildman–Crippen MR) is 67.1 cm³/mol. The van der Waals surface area contributed by atoms with Crippen LogP contribution < -0.4 is 10.5 Å². The summed E-state index contributed by atoms with van der Waals surface area (Å²) in [7, 11) is 0. The van der Waals surface area contributed by atoms with Crippen LogP contribution in [-0.2, 0) is 11.4 Å². The zero-order chi connectivity index (χ0) is 11.5. The number of hydrogen-bond donors (Lipinski definition) is 2. The highest BCUT2D eigenvalue weighted by Crippen LogP contribution is 2.20. The van der Waals surface area contributed by atoms with E-state index in [4.69, 9.17) is 5.73 Å². The van der Waals surface area contributed by atoms with E-state index in [1.807, 2.05) is 37.6 Å². The molecule has 0 aromatic carbocycles. The Morgan fingerprint density at radius 3 is 2.67 bits per heavy atom. The molecule has 3 N–H and O–H groups in total. The summed E-state index contributed by atoms with van der Waals surface area (Å²) >= 11 is 0.546. The van der Waals surface area contributed by atoms with Crippen LogP contribution in [0.25, 0.3) is 0 Å². The van der Waals surface area contributed by atoms with Crippen molar-refractivity contribution in [3.05, 3.63) is 22.4 Å². The summed E-state index contributed by atoms with van der Waals surface area (Å²) in [6, 6.07) is 1.99. The van der Waals surface area contributed by atoms with E-state index in [1.165, 1.54) is 0 Å². The Kier molecular flexibility index (Phi) is 4.61. The highest BCUT2D eigenvalue weighted by Gasteiger charge is 2.29. The van der Waals surface area contributed by atoms with E-state index in [0.29, 0.717) is 6.54 Å². The van der Waals surface area contributed by atoms with Crippen LogP contribution in [-0.4, -0.2) is 15.8 Å². The second-order valence-corrected chi connectivity index (χ2v) is 7.12. The Labute approximate surface area is 98.4 Å². The van der Waals surface area contributed by atoms with Crippen LogP contribution in [0.15, 0.2) is 16.8 Å². The van der Waals surface area contributed by atoms with E-state index in [1.54, 1.807) is 11.3 Å². The van der Waals surface area contributed by atoms with Crippen LogP contribution in [0.5, 0.6) is 0 Å². The molecule has 1 heterocycles. The van der Waals surface area contributed by atoms with Gasteiger partial charge in [0.25, 0.3) is 0 Å². The van der Waals surface area contributed by atoms with Crippen molar-refractivity contribution >= 4 is 22.7 Å². The first-order valence-corrected chi connectivity index (χ1v) is 6.94. The van der Waals surface area contributed by atoms with Gasteiger partial charge in [0.1, 0.15) is 4.75 Å². The molecule has 5 heteroatoms. The normalized spacial score (nSPS) is 16.3. The monoisotopic (exact) mass is 246 g/mol. The topological polar surface area (TPSA) is 61.1 Å². The van der Waals surface area contributed by atoms with Crippen LogP contribution in [0, 0.1) is 0 Å². The number of thiophene rings is 1. The summed E-state index contributed by atoms with van der Waals surface area (Å²) in [5.41, 5.74) is 6.77. The fourth-order valence-corrected chi connectivity index (χ4v) is 2.59. The van der Waals surface area contributed by atoms with E-state index in [0.717, 1.165) is 5.56 Å². The van der Waals surface area contributed by atoms with Gasteiger partial charge >= 0.3 is 0 Å². The van der Waals surface area contributed by atoms with Gasteiger partial charge in [-0.25, -0.2) is 0 Å². The molecule has 0 spiro atoms. The van der Waals surface area contributed by atoms with Gasteiger partial charge < -0.3 is 10.3 Å².